The summed E-state index contributed by atoms with van der Waals surface area (Å²) in [5.41, 5.74) is 0.658. The van der Waals surface area contributed by atoms with Gasteiger partial charge in [-0.15, -0.1) is 0 Å². The number of sulfonamides is 1. The highest BCUT2D eigenvalue weighted by Crippen LogP contribution is 2.24. The lowest BCUT2D eigenvalue weighted by Gasteiger charge is -2.05. The third kappa shape index (κ3) is 4.41. The summed E-state index contributed by atoms with van der Waals surface area (Å²) >= 11 is 6.05. The molecule has 3 rings (SSSR count). The van der Waals surface area contributed by atoms with Gasteiger partial charge < -0.3 is 4.52 Å². The van der Waals surface area contributed by atoms with Crippen molar-refractivity contribution in [3.05, 3.63) is 70.8 Å². The Bertz CT molecular complexity index is 992. The number of aromatic nitrogens is 2. The maximum atomic E-state index is 13.6. The number of benzene rings is 2. The second kappa shape index (κ2) is 7.30. The fraction of sp³-hybridized carbons (Fsp3) is 0.125. The molecular formula is C16H13ClFN3O3S. The number of hydrogen-bond donors (Lipinski definition) is 1. The highest BCUT2D eigenvalue weighted by atomic mass is 35.5. The van der Waals surface area contributed by atoms with Gasteiger partial charge >= 0.3 is 0 Å². The first-order valence-corrected chi connectivity index (χ1v) is 9.26. The minimum atomic E-state index is -3.76. The first-order chi connectivity index (χ1) is 11.9. The Labute approximate surface area is 148 Å². The van der Waals surface area contributed by atoms with Gasteiger partial charge in [0, 0.05) is 11.1 Å². The normalized spacial score (nSPS) is 11.6. The van der Waals surface area contributed by atoms with Crippen LogP contribution in [0.3, 0.4) is 0 Å². The molecule has 0 aliphatic carbocycles. The summed E-state index contributed by atoms with van der Waals surface area (Å²) in [4.78, 5) is 4.11. The van der Waals surface area contributed by atoms with Gasteiger partial charge in [-0.05, 0) is 18.2 Å². The van der Waals surface area contributed by atoms with E-state index >= 15 is 0 Å². The third-order valence-electron chi connectivity index (χ3n) is 3.33. The van der Waals surface area contributed by atoms with Crippen LogP contribution in [0.4, 0.5) is 4.39 Å². The molecule has 130 valence electrons. The number of rotatable bonds is 6. The first-order valence-electron chi connectivity index (χ1n) is 7.23. The minimum Gasteiger partial charge on any atom is -0.338 e. The quantitative estimate of drug-likeness (QED) is 0.709. The van der Waals surface area contributed by atoms with Crippen LogP contribution in [-0.2, 0) is 22.3 Å². The van der Waals surface area contributed by atoms with Gasteiger partial charge in [-0.25, -0.2) is 17.5 Å². The summed E-state index contributed by atoms with van der Waals surface area (Å²) in [6.07, 6.45) is 0. The van der Waals surface area contributed by atoms with E-state index in [0.717, 1.165) is 0 Å². The predicted molar refractivity (Wildman–Crippen MR) is 90.6 cm³/mol. The summed E-state index contributed by atoms with van der Waals surface area (Å²) in [7, 11) is -3.76. The molecule has 0 saturated carbocycles. The number of halogens is 2. The molecule has 0 radical (unpaired) electrons. The van der Waals surface area contributed by atoms with Gasteiger partial charge in [0.2, 0.25) is 21.7 Å². The molecule has 0 atom stereocenters. The van der Waals surface area contributed by atoms with Crippen LogP contribution in [0, 0.1) is 5.82 Å². The summed E-state index contributed by atoms with van der Waals surface area (Å²) < 4.78 is 45.0. The van der Waals surface area contributed by atoms with Gasteiger partial charge in [0.1, 0.15) is 5.82 Å². The second-order valence-electron chi connectivity index (χ2n) is 5.16. The van der Waals surface area contributed by atoms with E-state index in [1.54, 1.807) is 30.3 Å². The lowest BCUT2D eigenvalue weighted by molar-refractivity contribution is 0.376. The van der Waals surface area contributed by atoms with Crippen molar-refractivity contribution in [3.63, 3.8) is 0 Å². The second-order valence-corrected chi connectivity index (χ2v) is 7.38. The zero-order valence-electron chi connectivity index (χ0n) is 12.8. The van der Waals surface area contributed by atoms with Gasteiger partial charge in [0.05, 0.1) is 17.3 Å². The average molecular weight is 382 g/mol. The molecule has 0 unspecified atom stereocenters. The molecule has 3 aromatic rings. The van der Waals surface area contributed by atoms with E-state index in [1.807, 2.05) is 0 Å². The van der Waals surface area contributed by atoms with Crippen LogP contribution in [0.15, 0.2) is 53.1 Å². The molecule has 1 aromatic heterocycles. The van der Waals surface area contributed by atoms with Gasteiger partial charge in [-0.2, -0.15) is 4.98 Å². The summed E-state index contributed by atoms with van der Waals surface area (Å²) in [5.74, 6) is -0.724. The van der Waals surface area contributed by atoms with Crippen molar-refractivity contribution >= 4 is 21.6 Å². The fourth-order valence-corrected chi connectivity index (χ4v) is 3.43. The van der Waals surface area contributed by atoms with Crippen LogP contribution >= 0.6 is 11.6 Å². The Morgan fingerprint density at radius 3 is 2.60 bits per heavy atom. The highest BCUT2D eigenvalue weighted by Gasteiger charge is 2.17. The largest absolute Gasteiger partial charge is 0.338 e. The maximum absolute atomic E-state index is 13.6. The number of nitrogens with one attached hydrogen (secondary N) is 1. The highest BCUT2D eigenvalue weighted by molar-refractivity contribution is 7.88. The summed E-state index contributed by atoms with van der Waals surface area (Å²) in [5, 5.41) is 4.23. The van der Waals surface area contributed by atoms with E-state index in [2.05, 4.69) is 14.9 Å². The standard InChI is InChI=1S/C16H13ClFN3O3S/c17-13-7-3-2-6-12(13)16-20-15(24-21-16)9-19-25(22,23)10-11-5-1-4-8-14(11)18/h1-8,19H,9-10H2. The van der Waals surface area contributed by atoms with E-state index in [-0.39, 0.29) is 23.8 Å². The molecule has 0 fully saturated rings. The Kier molecular flexibility index (Phi) is 5.12. The van der Waals surface area contributed by atoms with Gasteiger partial charge in [-0.3, -0.25) is 0 Å². The molecule has 25 heavy (non-hydrogen) atoms. The van der Waals surface area contributed by atoms with Gasteiger partial charge in [0.15, 0.2) is 0 Å². The van der Waals surface area contributed by atoms with Crippen LogP contribution in [-0.4, -0.2) is 18.6 Å². The Hall–Kier alpha value is -2.29. The van der Waals surface area contributed by atoms with Crippen LogP contribution in [0.25, 0.3) is 11.4 Å². The number of hydrogen-bond acceptors (Lipinski definition) is 5. The van der Waals surface area contributed by atoms with Gasteiger partial charge in [-0.1, -0.05) is 47.1 Å². The SMILES string of the molecule is O=S(=O)(Cc1ccccc1F)NCc1nc(-c2ccccc2Cl)no1. The van der Waals surface area contributed by atoms with Crippen molar-refractivity contribution in [2.45, 2.75) is 12.3 Å². The molecule has 1 N–H and O–H groups in total. The third-order valence-corrected chi connectivity index (χ3v) is 4.93. The monoisotopic (exact) mass is 381 g/mol. The molecule has 0 saturated heterocycles. The Morgan fingerprint density at radius 1 is 1.12 bits per heavy atom. The topological polar surface area (TPSA) is 85.1 Å². The Morgan fingerprint density at radius 2 is 1.84 bits per heavy atom. The molecule has 2 aromatic carbocycles. The fourth-order valence-electron chi connectivity index (χ4n) is 2.12. The van der Waals surface area contributed by atoms with Crippen LogP contribution in [0.5, 0.6) is 0 Å². The molecule has 0 bridgehead atoms. The first kappa shape index (κ1) is 17.5. The molecule has 0 aliphatic heterocycles. The van der Waals surface area contributed by atoms with Crippen LogP contribution in [0.2, 0.25) is 5.02 Å². The zero-order chi connectivity index (χ0) is 17.9. The van der Waals surface area contributed by atoms with Crippen molar-refractivity contribution in [1.82, 2.24) is 14.9 Å². The van der Waals surface area contributed by atoms with Crippen molar-refractivity contribution in [2.24, 2.45) is 0 Å². The van der Waals surface area contributed by atoms with E-state index in [0.29, 0.717) is 10.6 Å². The molecule has 0 aliphatic rings. The predicted octanol–water partition coefficient (Wildman–Crippen LogP) is 3.15. The van der Waals surface area contributed by atoms with Crippen LogP contribution < -0.4 is 4.72 Å². The minimum absolute atomic E-state index is 0.0760. The maximum Gasteiger partial charge on any atom is 0.242 e. The molecule has 9 heteroatoms. The Balaban J connectivity index is 1.68. The van der Waals surface area contributed by atoms with Gasteiger partial charge in [0.25, 0.3) is 0 Å². The van der Waals surface area contributed by atoms with E-state index in [4.69, 9.17) is 16.1 Å². The molecular weight excluding hydrogens is 369 g/mol. The van der Waals surface area contributed by atoms with E-state index in [9.17, 15) is 12.8 Å². The van der Waals surface area contributed by atoms with Crippen LogP contribution in [0.1, 0.15) is 11.5 Å². The van der Waals surface area contributed by atoms with E-state index in [1.165, 1.54) is 18.2 Å². The molecule has 1 heterocycles. The molecule has 0 amide bonds. The lowest BCUT2D eigenvalue weighted by atomic mass is 10.2. The number of nitrogens with zero attached hydrogens (tertiary/aromatic N) is 2. The summed E-state index contributed by atoms with van der Waals surface area (Å²) in [6, 6.07) is 12.6. The smallest absolute Gasteiger partial charge is 0.242 e. The van der Waals surface area contributed by atoms with E-state index < -0.39 is 21.6 Å². The molecule has 6 nitrogen and oxygen atoms in total. The summed E-state index contributed by atoms with van der Waals surface area (Å²) in [6.45, 7) is -0.200. The van der Waals surface area contributed by atoms with Crippen molar-refractivity contribution < 1.29 is 17.3 Å². The van der Waals surface area contributed by atoms with Crippen molar-refractivity contribution in [3.8, 4) is 11.4 Å². The van der Waals surface area contributed by atoms with Crippen molar-refractivity contribution in [2.75, 3.05) is 0 Å². The lowest BCUT2D eigenvalue weighted by Crippen LogP contribution is -2.25. The zero-order valence-corrected chi connectivity index (χ0v) is 14.4. The molecule has 0 spiro atoms. The van der Waals surface area contributed by atoms with Crippen molar-refractivity contribution in [1.29, 1.82) is 0 Å². The average Bonchev–Trinajstić information content (AvgIpc) is 3.04.